The van der Waals surface area contributed by atoms with Crippen LogP contribution in [0.3, 0.4) is 0 Å². The van der Waals surface area contributed by atoms with E-state index in [0.717, 1.165) is 4.90 Å². The van der Waals surface area contributed by atoms with Gasteiger partial charge in [-0.05, 0) is 54.6 Å². The molecule has 1 N–H and O–H groups in total. The summed E-state index contributed by atoms with van der Waals surface area (Å²) in [6.07, 6.45) is 0. The van der Waals surface area contributed by atoms with Crippen molar-refractivity contribution < 1.29 is 28.7 Å². The molecule has 0 radical (unpaired) electrons. The molecule has 3 aromatic rings. The zero-order chi connectivity index (χ0) is 23.5. The minimum atomic E-state index is -0.730. The number of benzene rings is 3. The van der Waals surface area contributed by atoms with Gasteiger partial charge in [0.2, 0.25) is 0 Å². The molecule has 0 atom stereocenters. The van der Waals surface area contributed by atoms with E-state index in [2.05, 4.69) is 5.32 Å². The standard InChI is InChI=1S/C24H17ClN2O6/c1-32-20-11-8-15(12-19(20)25)26-21(28)13-33-24(31)14-6-9-16(10-7-14)27-22(29)17-4-2-3-5-18(17)23(27)30/h2-12H,13H2,1H3,(H,26,28). The summed E-state index contributed by atoms with van der Waals surface area (Å²) in [5, 5.41) is 2.89. The van der Waals surface area contributed by atoms with Crippen molar-refractivity contribution in [2.75, 3.05) is 23.9 Å². The van der Waals surface area contributed by atoms with Gasteiger partial charge in [-0.2, -0.15) is 0 Å². The number of amides is 3. The molecule has 166 valence electrons. The minimum absolute atomic E-state index is 0.163. The van der Waals surface area contributed by atoms with Crippen LogP contribution >= 0.6 is 11.6 Å². The Labute approximate surface area is 193 Å². The number of methoxy groups -OCH3 is 1. The Kier molecular flexibility index (Phi) is 6.10. The topological polar surface area (TPSA) is 102 Å². The number of carbonyl (C=O) groups excluding carboxylic acids is 4. The van der Waals surface area contributed by atoms with E-state index in [1.165, 1.54) is 37.4 Å². The molecule has 4 rings (SSSR count). The van der Waals surface area contributed by atoms with E-state index in [0.29, 0.717) is 33.3 Å². The number of anilines is 2. The van der Waals surface area contributed by atoms with Crippen molar-refractivity contribution in [1.82, 2.24) is 0 Å². The summed E-state index contributed by atoms with van der Waals surface area (Å²) in [5.74, 6) is -1.67. The second-order valence-electron chi connectivity index (χ2n) is 7.01. The number of ether oxygens (including phenoxy) is 2. The predicted octanol–water partition coefficient (Wildman–Crippen LogP) is 3.94. The van der Waals surface area contributed by atoms with Crippen LogP contribution in [0.4, 0.5) is 11.4 Å². The number of hydrogen-bond acceptors (Lipinski definition) is 6. The molecular formula is C24H17ClN2O6. The highest BCUT2D eigenvalue weighted by molar-refractivity contribution is 6.34. The molecule has 33 heavy (non-hydrogen) atoms. The van der Waals surface area contributed by atoms with Crippen LogP contribution in [-0.4, -0.2) is 37.4 Å². The molecule has 8 nitrogen and oxygen atoms in total. The van der Waals surface area contributed by atoms with Crippen LogP contribution in [0, 0.1) is 0 Å². The summed E-state index contributed by atoms with van der Waals surface area (Å²) >= 11 is 6.02. The van der Waals surface area contributed by atoms with Crippen LogP contribution in [0.15, 0.2) is 66.7 Å². The maximum absolute atomic E-state index is 12.6. The molecule has 0 bridgehead atoms. The van der Waals surface area contributed by atoms with Gasteiger partial charge in [-0.15, -0.1) is 0 Å². The normalized spacial score (nSPS) is 12.4. The Bertz CT molecular complexity index is 1240. The summed E-state index contributed by atoms with van der Waals surface area (Å²) in [4.78, 5) is 50.5. The highest BCUT2D eigenvalue weighted by Crippen LogP contribution is 2.29. The fraction of sp³-hybridized carbons (Fsp3) is 0.0833. The van der Waals surface area contributed by atoms with Crippen molar-refractivity contribution in [1.29, 1.82) is 0 Å². The van der Waals surface area contributed by atoms with E-state index in [1.807, 2.05) is 0 Å². The lowest BCUT2D eigenvalue weighted by molar-refractivity contribution is -0.119. The molecule has 0 saturated carbocycles. The number of imide groups is 1. The van der Waals surface area contributed by atoms with Crippen molar-refractivity contribution in [3.63, 3.8) is 0 Å². The Morgan fingerprint density at radius 2 is 1.58 bits per heavy atom. The Morgan fingerprint density at radius 1 is 0.939 bits per heavy atom. The molecule has 0 aromatic heterocycles. The lowest BCUT2D eigenvalue weighted by Crippen LogP contribution is -2.29. The zero-order valence-electron chi connectivity index (χ0n) is 17.3. The third kappa shape index (κ3) is 4.42. The summed E-state index contributed by atoms with van der Waals surface area (Å²) in [6.45, 7) is -0.511. The Hall–Kier alpha value is -4.17. The SMILES string of the molecule is COc1ccc(NC(=O)COC(=O)c2ccc(N3C(=O)c4ccccc4C3=O)cc2)cc1Cl. The molecule has 0 unspecified atom stereocenters. The highest BCUT2D eigenvalue weighted by Gasteiger charge is 2.36. The lowest BCUT2D eigenvalue weighted by atomic mass is 10.1. The van der Waals surface area contributed by atoms with Crippen LogP contribution in [0.2, 0.25) is 5.02 Å². The van der Waals surface area contributed by atoms with Gasteiger partial charge in [0, 0.05) is 5.69 Å². The molecular weight excluding hydrogens is 448 g/mol. The van der Waals surface area contributed by atoms with Gasteiger partial charge in [0.1, 0.15) is 5.75 Å². The maximum atomic E-state index is 12.6. The van der Waals surface area contributed by atoms with Crippen LogP contribution in [0.1, 0.15) is 31.1 Å². The molecule has 3 amide bonds. The van der Waals surface area contributed by atoms with Crippen LogP contribution in [0.25, 0.3) is 0 Å². The van der Waals surface area contributed by atoms with Crippen molar-refractivity contribution in [3.8, 4) is 5.75 Å². The second-order valence-corrected chi connectivity index (χ2v) is 7.42. The largest absolute Gasteiger partial charge is 0.495 e. The third-order valence-electron chi connectivity index (χ3n) is 4.93. The summed E-state index contributed by atoms with van der Waals surface area (Å²) in [7, 11) is 1.48. The van der Waals surface area contributed by atoms with Gasteiger partial charge in [-0.3, -0.25) is 14.4 Å². The van der Waals surface area contributed by atoms with Crippen molar-refractivity contribution in [2.45, 2.75) is 0 Å². The average molecular weight is 465 g/mol. The van der Waals surface area contributed by atoms with E-state index >= 15 is 0 Å². The number of nitrogens with one attached hydrogen (secondary N) is 1. The molecule has 3 aromatic carbocycles. The van der Waals surface area contributed by atoms with Crippen molar-refractivity contribution in [2.24, 2.45) is 0 Å². The van der Waals surface area contributed by atoms with E-state index in [-0.39, 0.29) is 5.56 Å². The van der Waals surface area contributed by atoms with Gasteiger partial charge in [0.25, 0.3) is 17.7 Å². The predicted molar refractivity (Wildman–Crippen MR) is 121 cm³/mol. The minimum Gasteiger partial charge on any atom is -0.495 e. The molecule has 0 fully saturated rings. The smallest absolute Gasteiger partial charge is 0.338 e. The number of carbonyl (C=O) groups is 4. The molecule has 9 heteroatoms. The molecule has 1 aliphatic rings. The average Bonchev–Trinajstić information content (AvgIpc) is 3.08. The monoisotopic (exact) mass is 464 g/mol. The van der Waals surface area contributed by atoms with Crippen molar-refractivity contribution >= 4 is 46.7 Å². The van der Waals surface area contributed by atoms with Crippen molar-refractivity contribution in [3.05, 3.63) is 88.4 Å². The van der Waals surface area contributed by atoms with Gasteiger partial charge in [-0.25, -0.2) is 9.69 Å². The number of fused-ring (bicyclic) bond motifs is 1. The number of esters is 1. The first-order valence-corrected chi connectivity index (χ1v) is 10.1. The number of halogens is 1. The first-order chi connectivity index (χ1) is 15.9. The maximum Gasteiger partial charge on any atom is 0.338 e. The molecule has 0 saturated heterocycles. The lowest BCUT2D eigenvalue weighted by Gasteiger charge is -2.14. The molecule has 1 aliphatic heterocycles. The van der Waals surface area contributed by atoms with E-state index in [9.17, 15) is 19.2 Å². The highest BCUT2D eigenvalue weighted by atomic mass is 35.5. The fourth-order valence-corrected chi connectivity index (χ4v) is 3.58. The van der Waals surface area contributed by atoms with E-state index in [1.54, 1.807) is 36.4 Å². The molecule has 0 aliphatic carbocycles. The number of nitrogens with zero attached hydrogens (tertiary/aromatic N) is 1. The second kappa shape index (κ2) is 9.13. The van der Waals surface area contributed by atoms with Crippen LogP contribution in [0.5, 0.6) is 5.75 Å². The van der Waals surface area contributed by atoms with E-state index < -0.39 is 30.3 Å². The fourth-order valence-electron chi connectivity index (χ4n) is 3.33. The third-order valence-corrected chi connectivity index (χ3v) is 5.22. The molecule has 1 heterocycles. The Balaban J connectivity index is 1.36. The van der Waals surface area contributed by atoms with Gasteiger partial charge in [0.05, 0.1) is 34.5 Å². The first-order valence-electron chi connectivity index (χ1n) is 9.77. The quantitative estimate of drug-likeness (QED) is 0.438. The van der Waals surface area contributed by atoms with Gasteiger partial charge >= 0.3 is 5.97 Å². The first kappa shape index (κ1) is 22.0. The molecule has 0 spiro atoms. The van der Waals surface area contributed by atoms with Gasteiger partial charge in [-0.1, -0.05) is 23.7 Å². The van der Waals surface area contributed by atoms with Gasteiger partial charge in [0.15, 0.2) is 6.61 Å². The van der Waals surface area contributed by atoms with Crippen LogP contribution in [-0.2, 0) is 9.53 Å². The summed E-state index contributed by atoms with van der Waals surface area (Å²) in [5.41, 5.74) is 1.57. The summed E-state index contributed by atoms with van der Waals surface area (Å²) in [6, 6.07) is 17.0. The van der Waals surface area contributed by atoms with Gasteiger partial charge < -0.3 is 14.8 Å². The number of hydrogen-bond donors (Lipinski definition) is 1. The Morgan fingerprint density at radius 3 is 2.15 bits per heavy atom. The summed E-state index contributed by atoms with van der Waals surface area (Å²) < 4.78 is 10.1. The van der Waals surface area contributed by atoms with E-state index in [4.69, 9.17) is 21.1 Å². The number of rotatable bonds is 6. The van der Waals surface area contributed by atoms with Crippen LogP contribution < -0.4 is 15.0 Å². The zero-order valence-corrected chi connectivity index (χ0v) is 18.1.